The molecule has 0 atom stereocenters. The van der Waals surface area contributed by atoms with E-state index in [0.29, 0.717) is 4.47 Å². The van der Waals surface area contributed by atoms with E-state index < -0.39 is 22.2 Å². The summed E-state index contributed by atoms with van der Waals surface area (Å²) in [6.45, 7) is 0. The molecule has 0 saturated heterocycles. The maximum absolute atomic E-state index is 14.2. The lowest BCUT2D eigenvalue weighted by atomic mass is 10.2. The summed E-state index contributed by atoms with van der Waals surface area (Å²) in [5.74, 6) is -1.66. The first-order valence-corrected chi connectivity index (χ1v) is 7.54. The molecular formula is C14H7BrCl2F2N4O2. The topological polar surface area (TPSA) is 81.0 Å². The molecule has 0 fully saturated rings. The molecule has 0 bridgehead atoms. The number of nitro benzene ring substituents is 1. The largest absolute Gasteiger partial charge is 0.337 e. The normalized spacial score (nSPS) is 10.4. The summed E-state index contributed by atoms with van der Waals surface area (Å²) in [6.07, 6.45) is 1.13. The molecule has 0 unspecified atom stereocenters. The Labute approximate surface area is 158 Å². The van der Waals surface area contributed by atoms with E-state index in [1.807, 2.05) is 0 Å². The van der Waals surface area contributed by atoms with Crippen LogP contribution in [-0.4, -0.2) is 14.9 Å². The highest BCUT2D eigenvalue weighted by Gasteiger charge is 2.19. The molecule has 0 spiro atoms. The van der Waals surface area contributed by atoms with Crippen molar-refractivity contribution in [3.8, 4) is 0 Å². The van der Waals surface area contributed by atoms with Gasteiger partial charge >= 0.3 is 5.69 Å². The van der Waals surface area contributed by atoms with Gasteiger partial charge in [-0.05, 0) is 28.1 Å². The van der Waals surface area contributed by atoms with Crippen LogP contribution >= 0.6 is 39.9 Å². The smallest absolute Gasteiger partial charge is 0.305 e. The van der Waals surface area contributed by atoms with Crippen LogP contribution in [-0.2, 0) is 0 Å². The van der Waals surface area contributed by atoms with Gasteiger partial charge in [0.25, 0.3) is 0 Å². The zero-order valence-corrected chi connectivity index (χ0v) is 15.1. The van der Waals surface area contributed by atoms with Crippen molar-refractivity contribution in [1.82, 2.24) is 9.97 Å². The van der Waals surface area contributed by atoms with Crippen molar-refractivity contribution in [3.05, 3.63) is 61.8 Å². The van der Waals surface area contributed by atoms with Crippen molar-refractivity contribution in [1.29, 1.82) is 0 Å². The molecule has 11 heteroatoms. The zero-order chi connectivity index (χ0) is 17.4. The van der Waals surface area contributed by atoms with Gasteiger partial charge < -0.3 is 5.32 Å². The van der Waals surface area contributed by atoms with Crippen LogP contribution in [0.4, 0.5) is 26.0 Å². The van der Waals surface area contributed by atoms with E-state index >= 15 is 0 Å². The van der Waals surface area contributed by atoms with Crippen molar-refractivity contribution in [2.24, 2.45) is 0 Å². The summed E-state index contributed by atoms with van der Waals surface area (Å²) in [6, 6.07) is 4.85. The number of aromatic nitrogens is 2. The van der Waals surface area contributed by atoms with E-state index in [4.69, 9.17) is 11.6 Å². The third kappa shape index (κ3) is 3.63. The van der Waals surface area contributed by atoms with Crippen molar-refractivity contribution in [2.75, 3.05) is 5.32 Å². The average molecular weight is 452 g/mol. The minimum atomic E-state index is -1.02. The molecule has 1 aromatic heterocycles. The number of anilines is 2. The van der Waals surface area contributed by atoms with E-state index in [1.54, 1.807) is 0 Å². The maximum atomic E-state index is 14.2. The van der Waals surface area contributed by atoms with Gasteiger partial charge in [0.15, 0.2) is 5.82 Å². The average Bonchev–Trinajstić information content (AvgIpc) is 2.54. The number of nitro groups is 1. The van der Waals surface area contributed by atoms with Gasteiger partial charge in [0.2, 0.25) is 5.82 Å². The van der Waals surface area contributed by atoms with E-state index in [1.165, 1.54) is 12.1 Å². The number of nitrogens with one attached hydrogen (secondary N) is 1. The molecule has 3 aromatic rings. The molecule has 0 radical (unpaired) electrons. The van der Waals surface area contributed by atoms with Gasteiger partial charge in [-0.1, -0.05) is 11.6 Å². The first-order chi connectivity index (χ1) is 11.4. The molecular weight excluding hydrogens is 445 g/mol. The maximum Gasteiger partial charge on any atom is 0.305 e. The first-order valence-electron chi connectivity index (χ1n) is 6.37. The summed E-state index contributed by atoms with van der Waals surface area (Å²) < 4.78 is 28.2. The van der Waals surface area contributed by atoms with E-state index in [9.17, 15) is 18.9 Å². The zero-order valence-electron chi connectivity index (χ0n) is 12.0. The highest BCUT2D eigenvalue weighted by Crippen LogP contribution is 2.33. The molecule has 6 nitrogen and oxygen atoms in total. The van der Waals surface area contributed by atoms with Gasteiger partial charge in [-0.3, -0.25) is 10.1 Å². The first kappa shape index (κ1) is 19.2. The monoisotopic (exact) mass is 450 g/mol. The number of hydrogen-bond acceptors (Lipinski definition) is 5. The number of hydrogen-bond donors (Lipinski definition) is 1. The SMILES string of the molecule is Cl.O=[N+]([O-])c1cc2c(Nc3ccc(Br)c(Cl)c3F)ncnc2cc1F. The molecule has 0 saturated carbocycles. The second-order valence-electron chi connectivity index (χ2n) is 4.65. The van der Waals surface area contributed by atoms with Gasteiger partial charge in [0.1, 0.15) is 12.1 Å². The molecule has 130 valence electrons. The summed E-state index contributed by atoms with van der Waals surface area (Å²) in [5.41, 5.74) is -0.580. The van der Waals surface area contributed by atoms with Gasteiger partial charge in [0.05, 0.1) is 26.5 Å². The van der Waals surface area contributed by atoms with Crippen LogP contribution in [0.1, 0.15) is 0 Å². The van der Waals surface area contributed by atoms with Crippen LogP contribution in [0.25, 0.3) is 10.9 Å². The Bertz CT molecular complexity index is 991. The number of rotatable bonds is 3. The van der Waals surface area contributed by atoms with Crippen molar-refractivity contribution >= 4 is 68.0 Å². The predicted octanol–water partition coefficient (Wildman–Crippen LogP) is 5.40. The molecule has 0 amide bonds. The lowest BCUT2D eigenvalue weighted by molar-refractivity contribution is -0.387. The Morgan fingerprint density at radius 3 is 2.64 bits per heavy atom. The summed E-state index contributed by atoms with van der Waals surface area (Å²) in [7, 11) is 0. The number of nitrogens with zero attached hydrogens (tertiary/aromatic N) is 3. The molecule has 0 aliphatic heterocycles. The quantitative estimate of drug-likeness (QED) is 0.327. The van der Waals surface area contributed by atoms with Gasteiger partial charge in [-0.15, -0.1) is 12.4 Å². The van der Waals surface area contributed by atoms with Crippen molar-refractivity contribution in [2.45, 2.75) is 0 Å². The molecule has 1 N–H and O–H groups in total. The third-order valence-electron chi connectivity index (χ3n) is 3.19. The molecule has 0 aliphatic carbocycles. The number of fused-ring (bicyclic) bond motifs is 1. The second kappa shape index (κ2) is 7.42. The fourth-order valence-corrected chi connectivity index (χ4v) is 2.53. The van der Waals surface area contributed by atoms with Crippen LogP contribution in [0.3, 0.4) is 0 Å². The fourth-order valence-electron chi connectivity index (χ4n) is 2.06. The third-order valence-corrected chi connectivity index (χ3v) is 4.45. The molecule has 1 heterocycles. The van der Waals surface area contributed by atoms with Crippen LogP contribution in [0.15, 0.2) is 35.1 Å². The Balaban J connectivity index is 0.00000225. The number of halogens is 5. The van der Waals surface area contributed by atoms with Gasteiger partial charge in [0, 0.05) is 16.6 Å². The number of benzene rings is 2. The van der Waals surface area contributed by atoms with Gasteiger partial charge in [-0.25, -0.2) is 14.4 Å². The van der Waals surface area contributed by atoms with Gasteiger partial charge in [-0.2, -0.15) is 4.39 Å². The van der Waals surface area contributed by atoms with Crippen LogP contribution < -0.4 is 5.32 Å². The van der Waals surface area contributed by atoms with E-state index in [2.05, 4.69) is 31.2 Å². The van der Waals surface area contributed by atoms with Crippen LogP contribution in [0.2, 0.25) is 5.02 Å². The van der Waals surface area contributed by atoms with Crippen molar-refractivity contribution < 1.29 is 13.7 Å². The summed E-state index contributed by atoms with van der Waals surface area (Å²) >= 11 is 8.92. The Morgan fingerprint density at radius 2 is 1.96 bits per heavy atom. The molecule has 25 heavy (non-hydrogen) atoms. The Hall–Kier alpha value is -2.10. The fraction of sp³-hybridized carbons (Fsp3) is 0. The van der Waals surface area contributed by atoms with Crippen LogP contribution in [0, 0.1) is 21.7 Å². The minimum Gasteiger partial charge on any atom is -0.337 e. The lowest BCUT2D eigenvalue weighted by Crippen LogP contribution is -2.00. The standard InChI is InChI=1S/C14H6BrClF2N4O2.ClH/c15-7-1-2-9(13(18)12(7)16)21-14-6-3-11(22(23)24)8(17)4-10(6)19-5-20-14;/h1-5H,(H,19,20,21);1H. The van der Waals surface area contributed by atoms with E-state index in [-0.39, 0.29) is 39.8 Å². The van der Waals surface area contributed by atoms with Crippen molar-refractivity contribution in [3.63, 3.8) is 0 Å². The molecule has 2 aromatic carbocycles. The summed E-state index contributed by atoms with van der Waals surface area (Å²) in [5, 5.41) is 13.6. The minimum absolute atomic E-state index is 0. The Morgan fingerprint density at radius 1 is 1.24 bits per heavy atom. The highest BCUT2D eigenvalue weighted by molar-refractivity contribution is 9.10. The highest BCUT2D eigenvalue weighted by atomic mass is 79.9. The second-order valence-corrected chi connectivity index (χ2v) is 5.88. The lowest BCUT2D eigenvalue weighted by Gasteiger charge is -2.10. The summed E-state index contributed by atoms with van der Waals surface area (Å²) in [4.78, 5) is 17.8. The van der Waals surface area contributed by atoms with Crippen LogP contribution in [0.5, 0.6) is 0 Å². The Kier molecular flexibility index (Phi) is 5.71. The van der Waals surface area contributed by atoms with E-state index in [0.717, 1.165) is 18.5 Å². The predicted molar refractivity (Wildman–Crippen MR) is 95.8 cm³/mol. The molecule has 3 rings (SSSR count). The molecule has 0 aliphatic rings.